The van der Waals surface area contributed by atoms with E-state index in [0.717, 1.165) is 22.4 Å². The third-order valence-electron chi connectivity index (χ3n) is 5.32. The Morgan fingerprint density at radius 3 is 2.58 bits per heavy atom. The number of carbonyl (C=O) groups is 2. The Kier molecular flexibility index (Phi) is 4.63. The second-order valence-corrected chi connectivity index (χ2v) is 7.34. The molecule has 0 aliphatic carbocycles. The molecule has 2 heterocycles. The number of aromatic nitrogens is 2. The third kappa shape index (κ3) is 3.50. The number of hydrogen-bond donors (Lipinski definition) is 1. The molecular weight excluding hydrogens is 392 g/mol. The molecule has 0 unspecified atom stereocenters. The zero-order chi connectivity index (χ0) is 21.4. The van der Waals surface area contributed by atoms with Gasteiger partial charge in [-0.2, -0.15) is 0 Å². The van der Waals surface area contributed by atoms with Crippen LogP contribution in [0.15, 0.2) is 72.8 Å². The van der Waals surface area contributed by atoms with Crippen molar-refractivity contribution in [1.29, 1.82) is 0 Å². The summed E-state index contributed by atoms with van der Waals surface area (Å²) in [6.07, 6.45) is 0. The van der Waals surface area contributed by atoms with Crippen molar-refractivity contribution in [3.63, 3.8) is 0 Å². The van der Waals surface area contributed by atoms with Crippen LogP contribution < -0.4 is 15.0 Å². The first kappa shape index (κ1) is 18.9. The highest BCUT2D eigenvalue weighted by Gasteiger charge is 2.26. The van der Waals surface area contributed by atoms with E-state index in [1.165, 1.54) is 4.90 Å². The molecule has 4 aromatic rings. The monoisotopic (exact) mass is 412 g/mol. The number of benzene rings is 3. The molecule has 0 atom stereocenters. The number of imidazole rings is 1. The van der Waals surface area contributed by atoms with Gasteiger partial charge < -0.3 is 14.6 Å². The molecule has 3 aromatic carbocycles. The van der Waals surface area contributed by atoms with Gasteiger partial charge >= 0.3 is 0 Å². The normalized spacial score (nSPS) is 13.1. The molecule has 7 heteroatoms. The number of hydrogen-bond acceptors (Lipinski definition) is 4. The molecule has 7 nitrogen and oxygen atoms in total. The predicted octanol–water partition coefficient (Wildman–Crippen LogP) is 3.60. The zero-order valence-electron chi connectivity index (χ0n) is 16.9. The number of aryl methyl sites for hydroxylation is 1. The summed E-state index contributed by atoms with van der Waals surface area (Å²) in [5.74, 6) is 0.933. The lowest BCUT2D eigenvalue weighted by molar-refractivity contribution is -0.123. The van der Waals surface area contributed by atoms with Crippen LogP contribution >= 0.6 is 0 Å². The molecule has 0 saturated carbocycles. The van der Waals surface area contributed by atoms with Crippen LogP contribution in [-0.2, 0) is 16.6 Å². The zero-order valence-corrected chi connectivity index (χ0v) is 16.9. The minimum atomic E-state index is -0.277. The number of nitrogens with one attached hydrogen (secondary N) is 1. The van der Waals surface area contributed by atoms with Crippen molar-refractivity contribution in [3.8, 4) is 17.1 Å². The lowest BCUT2D eigenvalue weighted by atomic mass is 10.2. The number of para-hydroxylation sites is 4. The summed E-state index contributed by atoms with van der Waals surface area (Å²) in [5, 5.41) is 2.86. The molecule has 31 heavy (non-hydrogen) atoms. The average molecular weight is 412 g/mol. The number of rotatable bonds is 4. The topological polar surface area (TPSA) is 76.5 Å². The van der Waals surface area contributed by atoms with Gasteiger partial charge in [0.1, 0.15) is 18.1 Å². The van der Waals surface area contributed by atoms with Gasteiger partial charge in [0.05, 0.1) is 16.7 Å². The third-order valence-corrected chi connectivity index (χ3v) is 5.32. The van der Waals surface area contributed by atoms with E-state index in [2.05, 4.69) is 5.32 Å². The molecule has 0 spiro atoms. The van der Waals surface area contributed by atoms with Gasteiger partial charge in [-0.25, -0.2) is 4.98 Å². The van der Waals surface area contributed by atoms with Crippen LogP contribution in [-0.4, -0.2) is 34.5 Å². The van der Waals surface area contributed by atoms with Crippen LogP contribution in [0.2, 0.25) is 0 Å². The largest absolute Gasteiger partial charge is 0.482 e. The van der Waals surface area contributed by atoms with E-state index in [1.54, 1.807) is 12.1 Å². The maximum atomic E-state index is 12.6. The summed E-state index contributed by atoms with van der Waals surface area (Å²) < 4.78 is 7.47. The van der Waals surface area contributed by atoms with Gasteiger partial charge in [-0.05, 0) is 48.5 Å². The molecule has 154 valence electrons. The van der Waals surface area contributed by atoms with Crippen molar-refractivity contribution in [2.75, 3.05) is 23.4 Å². The Morgan fingerprint density at radius 2 is 1.77 bits per heavy atom. The van der Waals surface area contributed by atoms with Crippen LogP contribution in [0.1, 0.15) is 0 Å². The number of fused-ring (bicyclic) bond motifs is 2. The minimum Gasteiger partial charge on any atom is -0.482 e. The molecule has 0 bridgehead atoms. The Morgan fingerprint density at radius 1 is 1.03 bits per heavy atom. The predicted molar refractivity (Wildman–Crippen MR) is 119 cm³/mol. The van der Waals surface area contributed by atoms with Crippen molar-refractivity contribution in [2.24, 2.45) is 7.05 Å². The number of anilines is 2. The molecule has 0 saturated heterocycles. The number of carbonyl (C=O) groups excluding carboxylic acids is 2. The van der Waals surface area contributed by atoms with Crippen LogP contribution in [0, 0.1) is 0 Å². The van der Waals surface area contributed by atoms with E-state index in [9.17, 15) is 9.59 Å². The Balaban J connectivity index is 1.31. The standard InChI is InChI=1S/C24H20N4O3/c1-27-19-7-3-2-6-18(19)26-24(27)16-10-12-17(13-11-16)25-22(29)14-28-20-8-4-5-9-21(20)31-15-23(28)30/h2-13H,14-15H2,1H3,(H,25,29). The SMILES string of the molecule is Cn1c(-c2ccc(NC(=O)CN3C(=O)COc4ccccc43)cc2)nc2ccccc21. The van der Waals surface area contributed by atoms with Crippen LogP contribution in [0.25, 0.3) is 22.4 Å². The molecule has 2 amide bonds. The highest BCUT2D eigenvalue weighted by atomic mass is 16.5. The van der Waals surface area contributed by atoms with Crippen molar-refractivity contribution in [1.82, 2.24) is 9.55 Å². The average Bonchev–Trinajstić information content (AvgIpc) is 3.13. The van der Waals surface area contributed by atoms with Crippen molar-refractivity contribution < 1.29 is 14.3 Å². The summed E-state index contributed by atoms with van der Waals surface area (Å²) in [6.45, 7) is -0.150. The Bertz CT molecular complexity index is 1290. The van der Waals surface area contributed by atoms with Crippen molar-refractivity contribution in [2.45, 2.75) is 0 Å². The van der Waals surface area contributed by atoms with Crippen molar-refractivity contribution >= 4 is 34.2 Å². The maximum Gasteiger partial charge on any atom is 0.265 e. The van der Waals surface area contributed by atoms with E-state index in [4.69, 9.17) is 9.72 Å². The molecular formula is C24H20N4O3. The second-order valence-electron chi connectivity index (χ2n) is 7.34. The molecule has 1 aliphatic rings. The first-order chi connectivity index (χ1) is 15.1. The van der Waals surface area contributed by atoms with E-state index < -0.39 is 0 Å². The maximum absolute atomic E-state index is 12.6. The lowest BCUT2D eigenvalue weighted by Gasteiger charge is -2.28. The minimum absolute atomic E-state index is 0.0724. The summed E-state index contributed by atoms with van der Waals surface area (Å²) >= 11 is 0. The number of amides is 2. The van der Waals surface area contributed by atoms with Gasteiger partial charge in [0.2, 0.25) is 5.91 Å². The van der Waals surface area contributed by atoms with Crippen LogP contribution in [0.3, 0.4) is 0 Å². The fourth-order valence-electron chi connectivity index (χ4n) is 3.78. The summed E-state index contributed by atoms with van der Waals surface area (Å²) in [4.78, 5) is 31.0. The summed E-state index contributed by atoms with van der Waals surface area (Å²) in [7, 11) is 1.98. The van der Waals surface area contributed by atoms with Gasteiger partial charge in [0.25, 0.3) is 5.91 Å². The number of ether oxygens (including phenoxy) is 1. The van der Waals surface area contributed by atoms with E-state index in [0.29, 0.717) is 17.1 Å². The van der Waals surface area contributed by atoms with Crippen LogP contribution in [0.4, 0.5) is 11.4 Å². The van der Waals surface area contributed by atoms with Gasteiger partial charge in [0.15, 0.2) is 6.61 Å². The molecule has 1 aliphatic heterocycles. The summed E-state index contributed by atoms with van der Waals surface area (Å²) in [6, 6.07) is 22.7. The van der Waals surface area contributed by atoms with Crippen molar-refractivity contribution in [3.05, 3.63) is 72.8 Å². The first-order valence-electron chi connectivity index (χ1n) is 9.94. The summed E-state index contributed by atoms with van der Waals surface area (Å²) in [5.41, 5.74) is 4.21. The van der Waals surface area contributed by atoms with Crippen LogP contribution in [0.5, 0.6) is 5.75 Å². The fourth-order valence-corrected chi connectivity index (χ4v) is 3.78. The number of nitrogens with zero attached hydrogens (tertiary/aromatic N) is 3. The van der Waals surface area contributed by atoms with Gasteiger partial charge in [-0.3, -0.25) is 14.5 Å². The van der Waals surface area contributed by atoms with E-state index in [1.807, 2.05) is 72.3 Å². The smallest absolute Gasteiger partial charge is 0.265 e. The van der Waals surface area contributed by atoms with Gasteiger partial charge in [-0.1, -0.05) is 24.3 Å². The molecule has 0 fully saturated rings. The first-order valence-corrected chi connectivity index (χ1v) is 9.94. The molecule has 5 rings (SSSR count). The van der Waals surface area contributed by atoms with E-state index >= 15 is 0 Å². The molecule has 1 aromatic heterocycles. The molecule has 1 N–H and O–H groups in total. The quantitative estimate of drug-likeness (QED) is 0.556. The Hall–Kier alpha value is -4.13. The molecule has 0 radical (unpaired) electrons. The highest BCUT2D eigenvalue weighted by molar-refractivity contribution is 6.05. The van der Waals surface area contributed by atoms with E-state index in [-0.39, 0.29) is 25.0 Å². The Labute approximate surface area is 178 Å². The highest BCUT2D eigenvalue weighted by Crippen LogP contribution is 2.31. The second kappa shape index (κ2) is 7.60. The van der Waals surface area contributed by atoms with Gasteiger partial charge in [0, 0.05) is 18.3 Å². The fraction of sp³-hybridized carbons (Fsp3) is 0.125. The van der Waals surface area contributed by atoms with Gasteiger partial charge in [-0.15, -0.1) is 0 Å². The lowest BCUT2D eigenvalue weighted by Crippen LogP contribution is -2.43.